The molecule has 4 atom stereocenters. The van der Waals surface area contributed by atoms with Gasteiger partial charge in [0.1, 0.15) is 36.8 Å². The van der Waals surface area contributed by atoms with Crippen LogP contribution in [0.25, 0.3) is 11.2 Å². The molecule has 1 aromatic carbocycles. The molecule has 3 heterocycles. The van der Waals surface area contributed by atoms with Gasteiger partial charge in [-0.1, -0.05) is 45.0 Å². The average Bonchev–Trinajstić information content (AvgIpc) is 3.40. The van der Waals surface area contributed by atoms with E-state index in [1.165, 1.54) is 22.8 Å². The van der Waals surface area contributed by atoms with Crippen molar-refractivity contribution in [3.05, 3.63) is 48.0 Å². The Morgan fingerprint density at radius 2 is 1.92 bits per heavy atom. The third kappa shape index (κ3) is 6.16. The summed E-state index contributed by atoms with van der Waals surface area (Å²) in [5.74, 6) is 0.220. The molecule has 3 aromatic rings. The predicted octanol–water partition coefficient (Wildman–Crippen LogP) is 1.18. The minimum Gasteiger partial charge on any atom is -0.445 e. The standard InChI is InChI=1S/C25H35N7O5/c1-25(2,3)16-7-5-15(6-8-16)12-36-24(35)27-9-10-31(4)11-17-19(33)20(34)23(37-17)32-14-30-18-21(26)28-13-29-22(18)32/h5-8,13-14,17,19-20,23,33-34H,9-12H2,1-4H3,(H,27,35)(H2,26,28,29)/t17-,19-,20-,23-/m1/s1. The molecule has 0 bridgehead atoms. The van der Waals surface area contributed by atoms with Gasteiger partial charge in [0.15, 0.2) is 17.7 Å². The Morgan fingerprint density at radius 1 is 1.19 bits per heavy atom. The summed E-state index contributed by atoms with van der Waals surface area (Å²) < 4.78 is 12.8. The van der Waals surface area contributed by atoms with Crippen LogP contribution in [0.3, 0.4) is 0 Å². The van der Waals surface area contributed by atoms with Crippen molar-refractivity contribution < 1.29 is 24.5 Å². The Morgan fingerprint density at radius 3 is 2.62 bits per heavy atom. The topological polar surface area (TPSA) is 161 Å². The quantitative estimate of drug-likeness (QED) is 0.344. The summed E-state index contributed by atoms with van der Waals surface area (Å²) in [4.78, 5) is 26.2. The first-order chi connectivity index (χ1) is 17.5. The Balaban J connectivity index is 1.22. The molecule has 4 rings (SSSR count). The van der Waals surface area contributed by atoms with Gasteiger partial charge in [0, 0.05) is 19.6 Å². The molecular formula is C25H35N7O5. The number of hydrogen-bond donors (Lipinski definition) is 4. The fourth-order valence-electron chi connectivity index (χ4n) is 4.21. The van der Waals surface area contributed by atoms with Gasteiger partial charge in [0.2, 0.25) is 0 Å². The number of aliphatic hydroxyl groups excluding tert-OH is 2. The first-order valence-electron chi connectivity index (χ1n) is 12.2. The summed E-state index contributed by atoms with van der Waals surface area (Å²) in [6.07, 6.45) is -1.59. The first-order valence-corrected chi connectivity index (χ1v) is 12.2. The van der Waals surface area contributed by atoms with E-state index in [2.05, 4.69) is 41.0 Å². The number of amides is 1. The minimum atomic E-state index is -1.18. The number of benzene rings is 1. The van der Waals surface area contributed by atoms with Crippen molar-refractivity contribution in [1.29, 1.82) is 0 Å². The summed E-state index contributed by atoms with van der Waals surface area (Å²) in [6.45, 7) is 7.79. The van der Waals surface area contributed by atoms with E-state index in [9.17, 15) is 15.0 Å². The van der Waals surface area contributed by atoms with Crippen molar-refractivity contribution in [2.24, 2.45) is 0 Å². The first kappa shape index (κ1) is 26.7. The van der Waals surface area contributed by atoms with Gasteiger partial charge in [-0.05, 0) is 23.6 Å². The molecule has 1 amide bonds. The summed E-state index contributed by atoms with van der Waals surface area (Å²) >= 11 is 0. The predicted molar refractivity (Wildman–Crippen MR) is 136 cm³/mol. The molecule has 0 unspecified atom stereocenters. The zero-order chi connectivity index (χ0) is 26.7. The van der Waals surface area contributed by atoms with E-state index in [1.54, 1.807) is 0 Å². The summed E-state index contributed by atoms with van der Waals surface area (Å²) in [7, 11) is 1.83. The van der Waals surface area contributed by atoms with Crippen molar-refractivity contribution in [2.75, 3.05) is 32.4 Å². The number of hydrogen-bond acceptors (Lipinski definition) is 10. The molecule has 1 saturated heterocycles. The molecule has 0 spiro atoms. The lowest BCUT2D eigenvalue weighted by Gasteiger charge is -2.22. The maximum Gasteiger partial charge on any atom is 0.407 e. The number of anilines is 1. The molecule has 200 valence electrons. The van der Waals surface area contributed by atoms with E-state index in [0.717, 1.165) is 5.56 Å². The number of likely N-dealkylation sites (N-methyl/N-ethyl adjacent to an activating group) is 1. The largest absolute Gasteiger partial charge is 0.445 e. The lowest BCUT2D eigenvalue weighted by atomic mass is 9.87. The number of imidazole rings is 1. The fraction of sp³-hybridized carbons (Fsp3) is 0.520. The smallest absolute Gasteiger partial charge is 0.407 e. The van der Waals surface area contributed by atoms with E-state index in [-0.39, 0.29) is 17.8 Å². The van der Waals surface area contributed by atoms with Crippen LogP contribution in [0, 0.1) is 0 Å². The highest BCUT2D eigenvalue weighted by Crippen LogP contribution is 2.32. The zero-order valence-electron chi connectivity index (χ0n) is 21.5. The number of carbonyl (C=O) groups is 1. The molecular weight excluding hydrogens is 478 g/mol. The third-order valence-electron chi connectivity index (χ3n) is 6.44. The van der Waals surface area contributed by atoms with Gasteiger partial charge in [-0.15, -0.1) is 0 Å². The molecule has 2 aromatic heterocycles. The average molecular weight is 514 g/mol. The number of alkyl carbamates (subject to hydrolysis) is 1. The number of nitrogen functional groups attached to an aromatic ring is 1. The van der Waals surface area contributed by atoms with Crippen LogP contribution in [0.4, 0.5) is 10.6 Å². The number of fused-ring (bicyclic) bond motifs is 1. The van der Waals surface area contributed by atoms with Crippen molar-refractivity contribution in [3.63, 3.8) is 0 Å². The number of carbonyl (C=O) groups excluding carboxylic acids is 1. The molecule has 1 aliphatic rings. The highest BCUT2D eigenvalue weighted by Gasteiger charge is 2.44. The summed E-state index contributed by atoms with van der Waals surface area (Å²) in [5.41, 5.74) is 8.84. The summed E-state index contributed by atoms with van der Waals surface area (Å²) in [5, 5.41) is 23.9. The van der Waals surface area contributed by atoms with Crippen LogP contribution >= 0.6 is 0 Å². The molecule has 0 aliphatic carbocycles. The van der Waals surface area contributed by atoms with E-state index in [4.69, 9.17) is 15.2 Å². The summed E-state index contributed by atoms with van der Waals surface area (Å²) in [6, 6.07) is 8.02. The van der Waals surface area contributed by atoms with Crippen LogP contribution in [-0.4, -0.2) is 85.7 Å². The number of ether oxygens (including phenoxy) is 2. The van der Waals surface area contributed by atoms with Gasteiger partial charge >= 0.3 is 6.09 Å². The van der Waals surface area contributed by atoms with Crippen LogP contribution in [0.1, 0.15) is 38.1 Å². The number of nitrogens with one attached hydrogen (secondary N) is 1. The number of aliphatic hydroxyl groups is 2. The number of nitrogens with two attached hydrogens (primary N) is 1. The molecule has 12 heteroatoms. The van der Waals surface area contributed by atoms with Crippen molar-refractivity contribution in [2.45, 2.75) is 57.3 Å². The Kier molecular flexibility index (Phi) is 7.93. The second-order valence-corrected chi connectivity index (χ2v) is 10.3. The Bertz CT molecular complexity index is 1210. The highest BCUT2D eigenvalue weighted by molar-refractivity contribution is 5.81. The molecule has 0 radical (unpaired) electrons. The third-order valence-corrected chi connectivity index (χ3v) is 6.44. The monoisotopic (exact) mass is 513 g/mol. The lowest BCUT2D eigenvalue weighted by molar-refractivity contribution is -0.0420. The van der Waals surface area contributed by atoms with Crippen molar-refractivity contribution >= 4 is 23.1 Å². The molecule has 0 saturated carbocycles. The maximum absolute atomic E-state index is 12.1. The van der Waals surface area contributed by atoms with Gasteiger partial charge in [-0.25, -0.2) is 19.7 Å². The number of rotatable bonds is 8. The minimum absolute atomic E-state index is 0.0682. The van der Waals surface area contributed by atoms with Crippen molar-refractivity contribution in [1.82, 2.24) is 29.7 Å². The lowest BCUT2D eigenvalue weighted by Crippen LogP contribution is -2.41. The van der Waals surface area contributed by atoms with Gasteiger partial charge < -0.3 is 35.6 Å². The van der Waals surface area contributed by atoms with Crippen LogP contribution in [0.2, 0.25) is 0 Å². The molecule has 5 N–H and O–H groups in total. The maximum atomic E-state index is 12.1. The normalized spacial score (nSPS) is 22.0. The van der Waals surface area contributed by atoms with Crippen LogP contribution in [0.15, 0.2) is 36.9 Å². The number of nitrogens with zero attached hydrogens (tertiary/aromatic N) is 5. The van der Waals surface area contributed by atoms with Gasteiger partial charge in [-0.3, -0.25) is 4.57 Å². The molecule has 37 heavy (non-hydrogen) atoms. The second kappa shape index (κ2) is 11.0. The van der Waals surface area contributed by atoms with E-state index in [1.807, 2.05) is 36.2 Å². The Hall–Kier alpha value is -3.32. The van der Waals surface area contributed by atoms with Crippen LogP contribution in [-0.2, 0) is 21.5 Å². The van der Waals surface area contributed by atoms with E-state index in [0.29, 0.717) is 30.8 Å². The van der Waals surface area contributed by atoms with E-state index < -0.39 is 30.6 Å². The highest BCUT2D eigenvalue weighted by atomic mass is 16.6. The van der Waals surface area contributed by atoms with Gasteiger partial charge in [0.25, 0.3) is 0 Å². The van der Waals surface area contributed by atoms with Gasteiger partial charge in [-0.2, -0.15) is 0 Å². The Labute approximate surface area is 215 Å². The van der Waals surface area contributed by atoms with Gasteiger partial charge in [0.05, 0.1) is 6.33 Å². The second-order valence-electron chi connectivity index (χ2n) is 10.3. The van der Waals surface area contributed by atoms with Crippen molar-refractivity contribution in [3.8, 4) is 0 Å². The SMILES string of the molecule is CN(CCNC(=O)OCc1ccc(C(C)(C)C)cc1)C[C@H]1O[C@@H](n2cnc3c(N)ncnc32)[C@H](O)[C@@H]1O. The molecule has 1 fully saturated rings. The van der Waals surface area contributed by atoms with E-state index >= 15 is 0 Å². The van der Waals surface area contributed by atoms with Crippen LogP contribution < -0.4 is 11.1 Å². The molecule has 12 nitrogen and oxygen atoms in total. The zero-order valence-corrected chi connectivity index (χ0v) is 21.5. The van der Waals surface area contributed by atoms with Crippen LogP contribution in [0.5, 0.6) is 0 Å². The molecule has 1 aliphatic heterocycles. The fourth-order valence-corrected chi connectivity index (χ4v) is 4.21. The number of aromatic nitrogens is 4.